The van der Waals surface area contributed by atoms with Gasteiger partial charge in [0.2, 0.25) is 5.91 Å². The number of carbonyl (C=O) groups excluding carboxylic acids is 1. The topological polar surface area (TPSA) is 58.6 Å². The molecule has 0 saturated heterocycles. The van der Waals surface area contributed by atoms with Crippen molar-refractivity contribution in [2.75, 3.05) is 20.3 Å². The molecule has 2 rings (SSSR count). The molecule has 4 nitrogen and oxygen atoms in total. The van der Waals surface area contributed by atoms with Crippen molar-refractivity contribution < 1.29 is 14.6 Å². The summed E-state index contributed by atoms with van der Waals surface area (Å²) in [4.78, 5) is 13.3. The van der Waals surface area contributed by atoms with Crippen LogP contribution in [0.1, 0.15) is 35.6 Å². The van der Waals surface area contributed by atoms with Crippen LogP contribution in [0.3, 0.4) is 0 Å². The minimum absolute atomic E-state index is 0.0692. The molecule has 24 heavy (non-hydrogen) atoms. The second-order valence-corrected chi connectivity index (χ2v) is 6.69. The van der Waals surface area contributed by atoms with Crippen LogP contribution in [0.15, 0.2) is 41.8 Å². The van der Waals surface area contributed by atoms with Crippen LogP contribution in [0, 0.1) is 0 Å². The van der Waals surface area contributed by atoms with Crippen molar-refractivity contribution in [3.63, 3.8) is 0 Å². The van der Waals surface area contributed by atoms with E-state index in [-0.39, 0.29) is 12.5 Å². The molecule has 130 valence electrons. The van der Waals surface area contributed by atoms with Gasteiger partial charge in [0.05, 0.1) is 7.11 Å². The number of rotatable bonds is 10. The van der Waals surface area contributed by atoms with E-state index in [1.807, 2.05) is 35.7 Å². The maximum atomic E-state index is 12.0. The smallest absolute Gasteiger partial charge is 0.220 e. The van der Waals surface area contributed by atoms with E-state index in [2.05, 4.69) is 11.4 Å². The largest absolute Gasteiger partial charge is 0.497 e. The van der Waals surface area contributed by atoms with Crippen molar-refractivity contribution in [2.45, 2.75) is 31.6 Å². The number of thiophene rings is 1. The second kappa shape index (κ2) is 10.1. The molecule has 0 fully saturated rings. The van der Waals surface area contributed by atoms with Gasteiger partial charge in [-0.2, -0.15) is 0 Å². The van der Waals surface area contributed by atoms with Gasteiger partial charge in [0.15, 0.2) is 0 Å². The lowest BCUT2D eigenvalue weighted by molar-refractivity contribution is -0.121. The highest BCUT2D eigenvalue weighted by molar-refractivity contribution is 7.10. The number of nitrogens with one attached hydrogen (secondary N) is 1. The van der Waals surface area contributed by atoms with Gasteiger partial charge < -0.3 is 15.2 Å². The molecule has 2 aromatic rings. The number of ether oxygens (including phenoxy) is 1. The van der Waals surface area contributed by atoms with Crippen LogP contribution in [0.4, 0.5) is 0 Å². The summed E-state index contributed by atoms with van der Waals surface area (Å²) in [5, 5.41) is 14.2. The zero-order chi connectivity index (χ0) is 17.2. The van der Waals surface area contributed by atoms with Crippen molar-refractivity contribution in [3.8, 4) is 5.75 Å². The quantitative estimate of drug-likeness (QED) is 0.693. The van der Waals surface area contributed by atoms with E-state index in [4.69, 9.17) is 4.74 Å². The summed E-state index contributed by atoms with van der Waals surface area (Å²) in [6.07, 6.45) is 2.80. The first-order valence-corrected chi connectivity index (χ1v) is 9.14. The highest BCUT2D eigenvalue weighted by atomic mass is 32.1. The van der Waals surface area contributed by atoms with Gasteiger partial charge in [0.1, 0.15) is 5.75 Å². The molecular weight excluding hydrogens is 322 g/mol. The Morgan fingerprint density at radius 3 is 2.67 bits per heavy atom. The van der Waals surface area contributed by atoms with Crippen molar-refractivity contribution in [3.05, 3.63) is 52.2 Å². The number of hydrogen-bond donors (Lipinski definition) is 2. The van der Waals surface area contributed by atoms with Gasteiger partial charge in [-0.1, -0.05) is 18.2 Å². The van der Waals surface area contributed by atoms with E-state index >= 15 is 0 Å². The van der Waals surface area contributed by atoms with Gasteiger partial charge in [-0.3, -0.25) is 4.79 Å². The van der Waals surface area contributed by atoms with E-state index in [0.29, 0.717) is 18.9 Å². The number of benzene rings is 1. The molecule has 1 aromatic heterocycles. The normalized spacial score (nSPS) is 11.9. The molecule has 5 heteroatoms. The first kappa shape index (κ1) is 18.5. The SMILES string of the molecule is COc1ccc(CCC(=O)NCC[C@@H](CCO)c2cccs2)cc1. The van der Waals surface area contributed by atoms with E-state index < -0.39 is 0 Å². The number of aryl methyl sites for hydroxylation is 1. The van der Waals surface area contributed by atoms with Gasteiger partial charge >= 0.3 is 0 Å². The van der Waals surface area contributed by atoms with Crippen LogP contribution < -0.4 is 10.1 Å². The second-order valence-electron chi connectivity index (χ2n) is 5.71. The molecule has 0 bridgehead atoms. The minimum Gasteiger partial charge on any atom is -0.497 e. The Balaban J connectivity index is 1.70. The van der Waals surface area contributed by atoms with E-state index in [1.54, 1.807) is 18.4 Å². The zero-order valence-corrected chi connectivity index (χ0v) is 14.8. The summed E-state index contributed by atoms with van der Waals surface area (Å²) in [7, 11) is 1.64. The van der Waals surface area contributed by atoms with Crippen molar-refractivity contribution in [2.24, 2.45) is 0 Å². The van der Waals surface area contributed by atoms with Gasteiger partial charge in [0.25, 0.3) is 0 Å². The molecule has 0 unspecified atom stereocenters. The third kappa shape index (κ3) is 5.98. The van der Waals surface area contributed by atoms with Crippen LogP contribution in [0.25, 0.3) is 0 Å². The molecule has 2 N–H and O–H groups in total. The van der Waals surface area contributed by atoms with Crippen LogP contribution >= 0.6 is 11.3 Å². The average molecular weight is 347 g/mol. The van der Waals surface area contributed by atoms with Gasteiger partial charge in [-0.05, 0) is 54.3 Å². The fourth-order valence-electron chi connectivity index (χ4n) is 2.63. The summed E-state index contributed by atoms with van der Waals surface area (Å²) < 4.78 is 5.12. The van der Waals surface area contributed by atoms with Crippen LogP contribution in [-0.2, 0) is 11.2 Å². The van der Waals surface area contributed by atoms with Crippen molar-refractivity contribution in [1.29, 1.82) is 0 Å². The lowest BCUT2D eigenvalue weighted by atomic mass is 10.00. The predicted molar refractivity (Wildman–Crippen MR) is 97.7 cm³/mol. The summed E-state index contributed by atoms with van der Waals surface area (Å²) >= 11 is 1.71. The van der Waals surface area contributed by atoms with Gasteiger partial charge in [0, 0.05) is 24.4 Å². The molecule has 1 heterocycles. The monoisotopic (exact) mass is 347 g/mol. The van der Waals surface area contributed by atoms with Crippen LogP contribution in [0.5, 0.6) is 5.75 Å². The molecule has 0 aliphatic heterocycles. The number of methoxy groups -OCH3 is 1. The Morgan fingerprint density at radius 2 is 2.04 bits per heavy atom. The number of aliphatic hydroxyl groups excluding tert-OH is 1. The number of aliphatic hydroxyl groups is 1. The lowest BCUT2D eigenvalue weighted by Crippen LogP contribution is -2.26. The van der Waals surface area contributed by atoms with E-state index in [1.165, 1.54) is 4.88 Å². The van der Waals surface area contributed by atoms with Crippen LogP contribution in [-0.4, -0.2) is 31.3 Å². The Hall–Kier alpha value is -1.85. The number of hydrogen-bond acceptors (Lipinski definition) is 4. The Labute approximate surface area is 147 Å². The summed E-state index contributed by atoms with van der Waals surface area (Å²) in [5.41, 5.74) is 1.13. The zero-order valence-electron chi connectivity index (χ0n) is 14.0. The highest BCUT2D eigenvalue weighted by Crippen LogP contribution is 2.26. The number of amides is 1. The first-order chi connectivity index (χ1) is 11.7. The van der Waals surface area contributed by atoms with Crippen molar-refractivity contribution in [1.82, 2.24) is 5.32 Å². The molecule has 0 aliphatic carbocycles. The molecule has 0 aliphatic rings. The minimum atomic E-state index is 0.0692. The maximum Gasteiger partial charge on any atom is 0.220 e. The average Bonchev–Trinajstić information content (AvgIpc) is 3.14. The molecule has 0 radical (unpaired) electrons. The summed E-state index contributed by atoms with van der Waals surface area (Å²) in [6, 6.07) is 11.9. The Bertz CT molecular complexity index is 596. The summed E-state index contributed by atoms with van der Waals surface area (Å²) in [6.45, 7) is 0.817. The predicted octanol–water partition coefficient (Wildman–Crippen LogP) is 3.36. The molecule has 1 amide bonds. The van der Waals surface area contributed by atoms with E-state index in [0.717, 1.165) is 30.6 Å². The number of carbonyl (C=O) groups is 1. The van der Waals surface area contributed by atoms with Crippen molar-refractivity contribution >= 4 is 17.2 Å². The third-order valence-electron chi connectivity index (χ3n) is 4.04. The molecule has 0 spiro atoms. The maximum absolute atomic E-state index is 12.0. The van der Waals surface area contributed by atoms with E-state index in [9.17, 15) is 9.90 Å². The van der Waals surface area contributed by atoms with Crippen LogP contribution in [0.2, 0.25) is 0 Å². The lowest BCUT2D eigenvalue weighted by Gasteiger charge is -2.14. The third-order valence-corrected chi connectivity index (χ3v) is 5.07. The highest BCUT2D eigenvalue weighted by Gasteiger charge is 2.12. The fraction of sp³-hybridized carbons (Fsp3) is 0.421. The molecule has 1 aromatic carbocycles. The standard InChI is InChI=1S/C19H25NO3S/c1-23-17-7-4-15(5-8-17)6-9-19(22)20-12-10-16(11-13-21)18-3-2-14-24-18/h2-5,7-8,14,16,21H,6,9-13H2,1H3,(H,20,22)/t16-/m0/s1. The molecule has 1 atom stereocenters. The molecular formula is C19H25NO3S. The summed E-state index contributed by atoms with van der Waals surface area (Å²) in [5.74, 6) is 1.21. The Morgan fingerprint density at radius 1 is 1.25 bits per heavy atom. The Kier molecular flexibility index (Phi) is 7.79. The van der Waals surface area contributed by atoms with Gasteiger partial charge in [-0.15, -0.1) is 11.3 Å². The first-order valence-electron chi connectivity index (χ1n) is 8.27. The molecule has 0 saturated carbocycles. The van der Waals surface area contributed by atoms with Gasteiger partial charge in [-0.25, -0.2) is 0 Å². The fourth-order valence-corrected chi connectivity index (χ4v) is 3.53.